The third-order valence-corrected chi connectivity index (χ3v) is 5.98. The molecule has 1 amide bonds. The van der Waals surface area contributed by atoms with E-state index in [0.29, 0.717) is 23.9 Å². The van der Waals surface area contributed by atoms with Gasteiger partial charge in [-0.2, -0.15) is 9.97 Å². The lowest BCUT2D eigenvalue weighted by Crippen LogP contribution is -2.49. The van der Waals surface area contributed by atoms with E-state index in [9.17, 15) is 20.1 Å². The molecule has 3 heterocycles. The van der Waals surface area contributed by atoms with Gasteiger partial charge in [-0.05, 0) is 51.9 Å². The fourth-order valence-corrected chi connectivity index (χ4v) is 4.50. The molecule has 0 radical (unpaired) electrons. The Kier molecular flexibility index (Phi) is 6.88. The molecule has 1 aromatic carbocycles. The van der Waals surface area contributed by atoms with E-state index in [1.807, 2.05) is 24.3 Å². The van der Waals surface area contributed by atoms with Crippen molar-refractivity contribution in [3.8, 4) is 0 Å². The first-order chi connectivity index (χ1) is 15.3. The van der Waals surface area contributed by atoms with E-state index in [1.54, 1.807) is 4.90 Å². The smallest absolute Gasteiger partial charge is 0.235 e. The van der Waals surface area contributed by atoms with Gasteiger partial charge in [-0.3, -0.25) is 15.2 Å². The highest BCUT2D eigenvalue weighted by Crippen LogP contribution is 2.42. The molecule has 0 bridgehead atoms. The number of aromatic nitrogens is 2. The van der Waals surface area contributed by atoms with Gasteiger partial charge in [-0.25, -0.2) is 0 Å². The maximum absolute atomic E-state index is 11.8. The number of anilines is 3. The van der Waals surface area contributed by atoms with Gasteiger partial charge in [0.1, 0.15) is 30.7 Å². The summed E-state index contributed by atoms with van der Waals surface area (Å²) in [5.41, 5.74) is 4.17. The van der Waals surface area contributed by atoms with E-state index in [0.717, 1.165) is 9.13 Å². The van der Waals surface area contributed by atoms with Crippen LogP contribution in [-0.4, -0.2) is 69.0 Å². The number of carbonyl (C=O) groups is 1. The highest BCUT2D eigenvalue weighted by molar-refractivity contribution is 14.1. The Hall–Kier alpha value is -1.97. The SMILES string of the molecule is CC(=O)NN1CN([C@@H]2O[C@H](CO)C(O)C2O)c2nc(Cl)nc(NCc3cccc(I)c3)c21. The fourth-order valence-electron chi connectivity index (χ4n) is 3.73. The van der Waals surface area contributed by atoms with Gasteiger partial charge >= 0.3 is 0 Å². The summed E-state index contributed by atoms with van der Waals surface area (Å²) in [4.78, 5) is 22.0. The molecule has 0 aliphatic carbocycles. The number of amides is 1. The van der Waals surface area contributed by atoms with Gasteiger partial charge in [-0.15, -0.1) is 0 Å². The average molecular weight is 577 g/mol. The van der Waals surface area contributed by atoms with Crippen molar-refractivity contribution >= 4 is 57.4 Å². The largest absolute Gasteiger partial charge is 0.394 e. The van der Waals surface area contributed by atoms with E-state index < -0.39 is 31.1 Å². The van der Waals surface area contributed by atoms with Crippen LogP contribution in [0.2, 0.25) is 5.28 Å². The number of nitrogens with zero attached hydrogens (tertiary/aromatic N) is 4. The zero-order valence-electron chi connectivity index (χ0n) is 16.9. The molecule has 1 saturated heterocycles. The maximum atomic E-state index is 11.8. The van der Waals surface area contributed by atoms with Gasteiger partial charge in [0.25, 0.3) is 0 Å². The Morgan fingerprint density at radius 1 is 1.34 bits per heavy atom. The van der Waals surface area contributed by atoms with E-state index in [-0.39, 0.29) is 17.9 Å². The normalized spacial score (nSPS) is 24.6. The predicted molar refractivity (Wildman–Crippen MR) is 125 cm³/mol. The molecule has 13 heteroatoms. The lowest BCUT2D eigenvalue weighted by atomic mass is 10.1. The van der Waals surface area contributed by atoms with Crippen molar-refractivity contribution in [2.24, 2.45) is 0 Å². The highest BCUT2D eigenvalue weighted by Gasteiger charge is 2.49. The molecule has 5 N–H and O–H groups in total. The molecule has 0 saturated carbocycles. The Labute approximate surface area is 202 Å². The van der Waals surface area contributed by atoms with Crippen LogP contribution in [0.5, 0.6) is 0 Å². The highest BCUT2D eigenvalue weighted by atomic mass is 127. The molecule has 11 nitrogen and oxygen atoms in total. The molecule has 4 atom stereocenters. The summed E-state index contributed by atoms with van der Waals surface area (Å²) < 4.78 is 6.75. The van der Waals surface area contributed by atoms with Crippen molar-refractivity contribution in [2.75, 3.05) is 28.5 Å². The number of hydrazine groups is 1. The van der Waals surface area contributed by atoms with Crippen molar-refractivity contribution in [3.63, 3.8) is 0 Å². The lowest BCUT2D eigenvalue weighted by Gasteiger charge is -2.28. The van der Waals surface area contributed by atoms with E-state index in [4.69, 9.17) is 16.3 Å². The summed E-state index contributed by atoms with van der Waals surface area (Å²) in [5.74, 6) is 0.359. The van der Waals surface area contributed by atoms with Gasteiger partial charge in [0, 0.05) is 17.0 Å². The monoisotopic (exact) mass is 576 g/mol. The molecule has 2 aliphatic heterocycles. The minimum Gasteiger partial charge on any atom is -0.394 e. The molecule has 2 aromatic rings. The number of aliphatic hydroxyl groups is 3. The summed E-state index contributed by atoms with van der Waals surface area (Å²) in [5, 5.41) is 34.8. The zero-order valence-corrected chi connectivity index (χ0v) is 19.9. The van der Waals surface area contributed by atoms with Gasteiger partial charge in [0.15, 0.2) is 17.9 Å². The molecule has 0 spiro atoms. The van der Waals surface area contributed by atoms with Crippen molar-refractivity contribution in [3.05, 3.63) is 38.7 Å². The number of hydrogen-bond acceptors (Lipinski definition) is 10. The van der Waals surface area contributed by atoms with Gasteiger partial charge < -0.3 is 30.3 Å². The molecule has 32 heavy (non-hydrogen) atoms. The van der Waals surface area contributed by atoms with Crippen LogP contribution in [0.15, 0.2) is 24.3 Å². The van der Waals surface area contributed by atoms with E-state index in [2.05, 4.69) is 43.3 Å². The number of ether oxygens (including phenoxy) is 1. The first-order valence-electron chi connectivity index (χ1n) is 9.78. The van der Waals surface area contributed by atoms with E-state index in [1.165, 1.54) is 11.9 Å². The average Bonchev–Trinajstić information content (AvgIpc) is 3.23. The van der Waals surface area contributed by atoms with Crippen molar-refractivity contribution in [2.45, 2.75) is 38.0 Å². The summed E-state index contributed by atoms with van der Waals surface area (Å²) >= 11 is 8.42. The van der Waals surface area contributed by atoms with Gasteiger partial charge in [0.2, 0.25) is 11.2 Å². The van der Waals surface area contributed by atoms with Crippen molar-refractivity contribution < 1.29 is 24.9 Å². The minimum atomic E-state index is -1.31. The Morgan fingerprint density at radius 3 is 2.78 bits per heavy atom. The number of benzene rings is 1. The molecule has 2 unspecified atom stereocenters. The number of carbonyl (C=O) groups excluding carboxylic acids is 1. The number of fused-ring (bicyclic) bond motifs is 1. The Balaban J connectivity index is 1.68. The molecule has 2 aliphatic rings. The molecular formula is C19H22ClIN6O5. The zero-order chi connectivity index (χ0) is 23.0. The van der Waals surface area contributed by atoms with Crippen LogP contribution in [0.4, 0.5) is 17.3 Å². The third-order valence-electron chi connectivity index (χ3n) is 5.14. The number of rotatable bonds is 6. The topological polar surface area (TPSA) is 143 Å². The van der Waals surface area contributed by atoms with Gasteiger partial charge in [0.05, 0.1) is 6.61 Å². The second-order valence-corrected chi connectivity index (χ2v) is 9.02. The maximum Gasteiger partial charge on any atom is 0.235 e. The van der Waals surface area contributed by atoms with Crippen LogP contribution in [-0.2, 0) is 16.1 Å². The van der Waals surface area contributed by atoms with Crippen LogP contribution in [0, 0.1) is 3.57 Å². The van der Waals surface area contributed by atoms with E-state index >= 15 is 0 Å². The molecule has 4 rings (SSSR count). The molecule has 1 aromatic heterocycles. The van der Waals surface area contributed by atoms with Crippen LogP contribution in [0.3, 0.4) is 0 Å². The number of hydrogen-bond donors (Lipinski definition) is 5. The third kappa shape index (κ3) is 4.56. The molecule has 1 fully saturated rings. The Bertz CT molecular complexity index is 1020. The number of nitrogens with one attached hydrogen (secondary N) is 2. The minimum absolute atomic E-state index is 0.0460. The number of aliphatic hydroxyl groups excluding tert-OH is 3. The standard InChI is InChI=1S/C19H22ClIN6O5/c1-9(29)25-27-8-26(18-15(31)14(30)12(7-28)32-18)17-13(27)16(23-19(20)24-17)22-6-10-3-2-4-11(21)5-10/h2-5,12,14-15,18,28,30-31H,6-8H2,1H3,(H,25,29)(H,22,23,24)/t12-,14?,15?,18-/m1/s1. The van der Waals surface area contributed by atoms with Crippen LogP contribution in [0.25, 0.3) is 0 Å². The van der Waals surface area contributed by atoms with Crippen LogP contribution >= 0.6 is 34.2 Å². The van der Waals surface area contributed by atoms with Crippen LogP contribution < -0.4 is 20.7 Å². The first kappa shape index (κ1) is 23.2. The Morgan fingerprint density at radius 2 is 2.12 bits per heavy atom. The first-order valence-corrected chi connectivity index (χ1v) is 11.2. The fraction of sp³-hybridized carbons (Fsp3) is 0.421. The van der Waals surface area contributed by atoms with Crippen LogP contribution in [0.1, 0.15) is 12.5 Å². The summed E-state index contributed by atoms with van der Waals surface area (Å²) in [6, 6.07) is 7.92. The summed E-state index contributed by atoms with van der Waals surface area (Å²) in [6.07, 6.45) is -4.56. The summed E-state index contributed by atoms with van der Waals surface area (Å²) in [7, 11) is 0. The lowest BCUT2D eigenvalue weighted by molar-refractivity contribution is -0.119. The number of halogens is 2. The molecular weight excluding hydrogens is 555 g/mol. The van der Waals surface area contributed by atoms with Crippen molar-refractivity contribution in [1.82, 2.24) is 15.4 Å². The second-order valence-electron chi connectivity index (χ2n) is 7.43. The second kappa shape index (κ2) is 9.49. The predicted octanol–water partition coefficient (Wildman–Crippen LogP) is 0.421. The van der Waals surface area contributed by atoms with Crippen molar-refractivity contribution in [1.29, 1.82) is 0 Å². The summed E-state index contributed by atoms with van der Waals surface area (Å²) in [6.45, 7) is 1.40. The van der Waals surface area contributed by atoms with Gasteiger partial charge in [-0.1, -0.05) is 12.1 Å². The quantitative estimate of drug-likeness (QED) is 0.243. The molecule has 172 valence electrons.